The molecule has 1 aliphatic rings. The van der Waals surface area contributed by atoms with E-state index in [9.17, 15) is 4.79 Å². The van der Waals surface area contributed by atoms with Crippen molar-refractivity contribution in [3.63, 3.8) is 0 Å². The fourth-order valence-corrected chi connectivity index (χ4v) is 2.16. The molecule has 1 aromatic carbocycles. The third-order valence-corrected chi connectivity index (χ3v) is 3.56. The fraction of sp³-hybridized carbons (Fsp3) is 0.333. The molecular weight excluding hydrogens is 252 g/mol. The maximum atomic E-state index is 12.1. The van der Waals surface area contributed by atoms with Crippen LogP contribution in [-0.4, -0.2) is 21.5 Å². The fourth-order valence-electron chi connectivity index (χ4n) is 2.16. The second-order valence-corrected chi connectivity index (χ2v) is 5.24. The first-order valence-electron chi connectivity index (χ1n) is 6.84. The van der Waals surface area contributed by atoms with E-state index in [0.29, 0.717) is 11.7 Å². The van der Waals surface area contributed by atoms with Gasteiger partial charge in [-0.15, -0.1) is 0 Å². The highest BCUT2D eigenvalue weighted by atomic mass is 16.2. The standard InChI is InChI=1S/C15H18N4O/c1-10(15(20)18-13-6-7-13)19-9-8-17-14(19)11-2-4-12(16)5-3-11/h2-5,8-10,13H,6-7,16H2,1H3,(H,18,20). The highest BCUT2D eigenvalue weighted by molar-refractivity contribution is 5.81. The van der Waals surface area contributed by atoms with Gasteiger partial charge in [0.1, 0.15) is 11.9 Å². The molecule has 5 heteroatoms. The van der Waals surface area contributed by atoms with Crippen LogP contribution in [0.2, 0.25) is 0 Å². The van der Waals surface area contributed by atoms with Crippen LogP contribution in [0.15, 0.2) is 36.7 Å². The normalized spacial score (nSPS) is 15.8. The minimum Gasteiger partial charge on any atom is -0.399 e. The van der Waals surface area contributed by atoms with Gasteiger partial charge in [0.15, 0.2) is 0 Å². The topological polar surface area (TPSA) is 72.9 Å². The Morgan fingerprint density at radius 2 is 2.10 bits per heavy atom. The zero-order valence-electron chi connectivity index (χ0n) is 11.4. The van der Waals surface area contributed by atoms with Crippen LogP contribution in [-0.2, 0) is 4.79 Å². The predicted octanol–water partition coefficient (Wildman–Crippen LogP) is 1.97. The maximum Gasteiger partial charge on any atom is 0.243 e. The van der Waals surface area contributed by atoms with E-state index in [4.69, 9.17) is 5.73 Å². The lowest BCUT2D eigenvalue weighted by molar-refractivity contribution is -0.124. The molecule has 1 aliphatic carbocycles. The number of amides is 1. The van der Waals surface area contributed by atoms with Gasteiger partial charge in [-0.25, -0.2) is 4.98 Å². The summed E-state index contributed by atoms with van der Waals surface area (Å²) in [6.45, 7) is 1.89. The Kier molecular flexibility index (Phi) is 3.18. The Morgan fingerprint density at radius 1 is 1.40 bits per heavy atom. The van der Waals surface area contributed by atoms with E-state index in [1.54, 1.807) is 6.20 Å². The number of nitrogens with two attached hydrogens (primary N) is 1. The zero-order chi connectivity index (χ0) is 14.1. The van der Waals surface area contributed by atoms with Crippen LogP contribution in [0.25, 0.3) is 11.4 Å². The summed E-state index contributed by atoms with van der Waals surface area (Å²) in [6, 6.07) is 7.60. The molecule has 0 aliphatic heterocycles. The number of nitrogens with one attached hydrogen (secondary N) is 1. The number of carbonyl (C=O) groups is 1. The van der Waals surface area contributed by atoms with E-state index in [1.165, 1.54) is 0 Å². The van der Waals surface area contributed by atoms with Crippen molar-refractivity contribution in [2.75, 3.05) is 5.73 Å². The van der Waals surface area contributed by atoms with Crippen molar-refractivity contribution < 1.29 is 4.79 Å². The Bertz CT molecular complexity index is 613. The van der Waals surface area contributed by atoms with Crippen LogP contribution in [0.4, 0.5) is 5.69 Å². The summed E-state index contributed by atoms with van der Waals surface area (Å²) in [5, 5.41) is 3.02. The molecule has 3 N–H and O–H groups in total. The first-order chi connectivity index (χ1) is 9.65. The van der Waals surface area contributed by atoms with Gasteiger partial charge in [0.05, 0.1) is 0 Å². The third-order valence-electron chi connectivity index (χ3n) is 3.56. The molecule has 0 radical (unpaired) electrons. The van der Waals surface area contributed by atoms with E-state index in [0.717, 1.165) is 24.2 Å². The summed E-state index contributed by atoms with van der Waals surface area (Å²) in [5.41, 5.74) is 7.36. The van der Waals surface area contributed by atoms with Gasteiger partial charge in [0.2, 0.25) is 5.91 Å². The van der Waals surface area contributed by atoms with Crippen LogP contribution in [0, 0.1) is 0 Å². The molecule has 2 aromatic rings. The summed E-state index contributed by atoms with van der Waals surface area (Å²) < 4.78 is 1.89. The average molecular weight is 270 g/mol. The van der Waals surface area contributed by atoms with Crippen LogP contribution in [0.3, 0.4) is 0 Å². The van der Waals surface area contributed by atoms with Crippen molar-refractivity contribution in [1.29, 1.82) is 0 Å². The first kappa shape index (κ1) is 12.7. The number of anilines is 1. The molecule has 0 saturated heterocycles. The van der Waals surface area contributed by atoms with Gasteiger partial charge in [-0.2, -0.15) is 0 Å². The SMILES string of the molecule is CC(C(=O)NC1CC1)n1ccnc1-c1ccc(N)cc1. The minimum atomic E-state index is -0.273. The van der Waals surface area contributed by atoms with Crippen molar-refractivity contribution in [1.82, 2.24) is 14.9 Å². The second-order valence-electron chi connectivity index (χ2n) is 5.24. The molecule has 3 rings (SSSR count). The molecular formula is C15H18N4O. The second kappa shape index (κ2) is 5.00. The molecule has 1 fully saturated rings. The number of imidazole rings is 1. The van der Waals surface area contributed by atoms with Crippen LogP contribution < -0.4 is 11.1 Å². The molecule has 1 unspecified atom stereocenters. The smallest absolute Gasteiger partial charge is 0.243 e. The number of nitrogen functional groups attached to an aromatic ring is 1. The molecule has 0 spiro atoms. The molecule has 20 heavy (non-hydrogen) atoms. The molecule has 1 amide bonds. The largest absolute Gasteiger partial charge is 0.399 e. The summed E-state index contributed by atoms with van der Waals surface area (Å²) in [7, 11) is 0. The van der Waals surface area contributed by atoms with E-state index < -0.39 is 0 Å². The van der Waals surface area contributed by atoms with Gasteiger partial charge in [0, 0.05) is 29.7 Å². The Labute approximate surface area is 117 Å². The van der Waals surface area contributed by atoms with Crippen LogP contribution in [0.5, 0.6) is 0 Å². The lowest BCUT2D eigenvalue weighted by atomic mass is 10.2. The first-order valence-corrected chi connectivity index (χ1v) is 6.84. The number of carbonyl (C=O) groups excluding carboxylic acids is 1. The Morgan fingerprint density at radius 3 is 2.75 bits per heavy atom. The van der Waals surface area contributed by atoms with E-state index in [1.807, 2.05) is 42.0 Å². The zero-order valence-corrected chi connectivity index (χ0v) is 11.4. The number of benzene rings is 1. The summed E-state index contributed by atoms with van der Waals surface area (Å²) in [6.07, 6.45) is 5.73. The van der Waals surface area contributed by atoms with Crippen molar-refractivity contribution in [2.45, 2.75) is 31.8 Å². The number of hydrogen-bond acceptors (Lipinski definition) is 3. The van der Waals surface area contributed by atoms with E-state index in [2.05, 4.69) is 10.3 Å². The van der Waals surface area contributed by atoms with Gasteiger partial charge in [-0.3, -0.25) is 4.79 Å². The highest BCUT2D eigenvalue weighted by Gasteiger charge is 2.27. The molecule has 5 nitrogen and oxygen atoms in total. The number of hydrogen-bond donors (Lipinski definition) is 2. The van der Waals surface area contributed by atoms with Gasteiger partial charge in [-0.1, -0.05) is 0 Å². The Balaban J connectivity index is 1.85. The Hall–Kier alpha value is -2.30. The number of nitrogens with zero attached hydrogens (tertiary/aromatic N) is 2. The number of rotatable bonds is 4. The maximum absolute atomic E-state index is 12.1. The molecule has 1 aromatic heterocycles. The number of aromatic nitrogens is 2. The van der Waals surface area contributed by atoms with E-state index >= 15 is 0 Å². The lowest BCUT2D eigenvalue weighted by Crippen LogP contribution is -2.32. The van der Waals surface area contributed by atoms with Gasteiger partial charge in [-0.05, 0) is 44.0 Å². The summed E-state index contributed by atoms with van der Waals surface area (Å²) >= 11 is 0. The van der Waals surface area contributed by atoms with Gasteiger partial charge < -0.3 is 15.6 Å². The lowest BCUT2D eigenvalue weighted by Gasteiger charge is -2.16. The molecule has 0 bridgehead atoms. The average Bonchev–Trinajstić information content (AvgIpc) is 3.12. The van der Waals surface area contributed by atoms with Gasteiger partial charge >= 0.3 is 0 Å². The molecule has 104 valence electrons. The highest BCUT2D eigenvalue weighted by Crippen LogP contribution is 2.24. The van der Waals surface area contributed by atoms with Crippen molar-refractivity contribution in [3.8, 4) is 11.4 Å². The van der Waals surface area contributed by atoms with Crippen LogP contribution >= 0.6 is 0 Å². The van der Waals surface area contributed by atoms with E-state index in [-0.39, 0.29) is 11.9 Å². The summed E-state index contributed by atoms with van der Waals surface area (Å²) in [4.78, 5) is 16.5. The van der Waals surface area contributed by atoms with Crippen molar-refractivity contribution in [3.05, 3.63) is 36.7 Å². The minimum absolute atomic E-state index is 0.0437. The van der Waals surface area contributed by atoms with Crippen LogP contribution in [0.1, 0.15) is 25.8 Å². The van der Waals surface area contributed by atoms with Crippen molar-refractivity contribution in [2.24, 2.45) is 0 Å². The van der Waals surface area contributed by atoms with Crippen molar-refractivity contribution >= 4 is 11.6 Å². The predicted molar refractivity (Wildman–Crippen MR) is 78.0 cm³/mol. The van der Waals surface area contributed by atoms with Gasteiger partial charge in [0.25, 0.3) is 0 Å². The molecule has 1 saturated carbocycles. The monoisotopic (exact) mass is 270 g/mol. The third kappa shape index (κ3) is 2.52. The molecule has 1 atom stereocenters. The molecule has 1 heterocycles. The summed E-state index contributed by atoms with van der Waals surface area (Å²) in [5.74, 6) is 0.825. The quantitative estimate of drug-likeness (QED) is 0.834.